The number of likely N-dealkylation sites (tertiary alicyclic amines) is 1. The fourth-order valence-corrected chi connectivity index (χ4v) is 5.26. The Labute approximate surface area is 138 Å². The van der Waals surface area contributed by atoms with Crippen molar-refractivity contribution in [1.82, 2.24) is 4.90 Å². The van der Waals surface area contributed by atoms with Crippen LogP contribution in [0.1, 0.15) is 31.2 Å². The van der Waals surface area contributed by atoms with Crippen LogP contribution >= 0.6 is 0 Å². The van der Waals surface area contributed by atoms with Gasteiger partial charge < -0.3 is 5.32 Å². The van der Waals surface area contributed by atoms with Gasteiger partial charge in [0.2, 0.25) is 5.91 Å². The Morgan fingerprint density at radius 2 is 1.87 bits per heavy atom. The minimum atomic E-state index is -2.92. The zero-order chi connectivity index (χ0) is 16.3. The van der Waals surface area contributed by atoms with E-state index >= 15 is 0 Å². The zero-order valence-corrected chi connectivity index (χ0v) is 14.1. The molecule has 0 radical (unpaired) electrons. The van der Waals surface area contributed by atoms with Crippen LogP contribution in [0.15, 0.2) is 24.3 Å². The molecule has 2 aliphatic rings. The summed E-state index contributed by atoms with van der Waals surface area (Å²) in [5.74, 6) is 0.236. The lowest BCUT2D eigenvalue weighted by molar-refractivity contribution is -0.116. The molecule has 1 N–H and O–H groups in total. The minimum absolute atomic E-state index is 0.0329. The third kappa shape index (κ3) is 4.78. The highest BCUT2D eigenvalue weighted by Crippen LogP contribution is 2.22. The molecule has 0 saturated carbocycles. The summed E-state index contributed by atoms with van der Waals surface area (Å²) in [5.41, 5.74) is 2.04. The molecule has 0 bridgehead atoms. The summed E-state index contributed by atoms with van der Waals surface area (Å²) in [6.07, 6.45) is 3.45. The van der Waals surface area contributed by atoms with E-state index in [0.717, 1.165) is 12.2 Å². The van der Waals surface area contributed by atoms with Crippen LogP contribution in [0.3, 0.4) is 0 Å². The van der Waals surface area contributed by atoms with Gasteiger partial charge in [0.05, 0.1) is 11.5 Å². The quantitative estimate of drug-likeness (QED) is 0.894. The molecule has 0 spiro atoms. The van der Waals surface area contributed by atoms with Crippen molar-refractivity contribution >= 4 is 21.4 Å². The Hall–Kier alpha value is -1.40. The molecule has 6 heteroatoms. The number of anilines is 1. The predicted molar refractivity (Wildman–Crippen MR) is 91.0 cm³/mol. The monoisotopic (exact) mass is 336 g/mol. The molecule has 1 aromatic rings. The number of nitrogens with zero attached hydrogens (tertiary/aromatic N) is 1. The number of carbonyl (C=O) groups is 1. The molecule has 5 nitrogen and oxygen atoms in total. The molecule has 2 heterocycles. The molecule has 1 amide bonds. The maximum atomic E-state index is 12.0. The van der Waals surface area contributed by atoms with Crippen molar-refractivity contribution in [2.75, 3.05) is 29.9 Å². The summed E-state index contributed by atoms with van der Waals surface area (Å²) in [5, 5.41) is 2.87. The molecule has 0 aliphatic carbocycles. The van der Waals surface area contributed by atoms with E-state index in [9.17, 15) is 13.2 Å². The van der Waals surface area contributed by atoms with Crippen molar-refractivity contribution in [2.45, 2.75) is 32.2 Å². The first-order valence-electron chi connectivity index (χ1n) is 8.32. The van der Waals surface area contributed by atoms with E-state index in [2.05, 4.69) is 10.2 Å². The van der Waals surface area contributed by atoms with Gasteiger partial charge in [-0.25, -0.2) is 8.42 Å². The molecule has 1 aromatic carbocycles. The van der Waals surface area contributed by atoms with Crippen LogP contribution in [0.25, 0.3) is 0 Å². The van der Waals surface area contributed by atoms with Gasteiger partial charge in [0.1, 0.15) is 0 Å². The Morgan fingerprint density at radius 1 is 1.17 bits per heavy atom. The maximum absolute atomic E-state index is 12.0. The van der Waals surface area contributed by atoms with E-state index in [1.54, 1.807) is 0 Å². The Kier molecular flexibility index (Phi) is 5.02. The molecular weight excluding hydrogens is 312 g/mol. The third-order valence-corrected chi connectivity index (χ3v) is 6.48. The highest BCUT2D eigenvalue weighted by molar-refractivity contribution is 7.91. The molecule has 2 aliphatic heterocycles. The summed E-state index contributed by atoms with van der Waals surface area (Å²) in [4.78, 5) is 14.5. The number of hydrogen-bond acceptors (Lipinski definition) is 4. The zero-order valence-electron chi connectivity index (χ0n) is 13.3. The smallest absolute Gasteiger partial charge is 0.224 e. The topological polar surface area (TPSA) is 66.5 Å². The summed E-state index contributed by atoms with van der Waals surface area (Å²) in [6.45, 7) is 3.31. The second-order valence-electron chi connectivity index (χ2n) is 6.70. The van der Waals surface area contributed by atoms with E-state index in [4.69, 9.17) is 0 Å². The van der Waals surface area contributed by atoms with Crippen molar-refractivity contribution < 1.29 is 13.2 Å². The van der Waals surface area contributed by atoms with Crippen LogP contribution in [0.5, 0.6) is 0 Å². The lowest BCUT2D eigenvalue weighted by atomic mass is 10.0. The summed E-state index contributed by atoms with van der Waals surface area (Å²) in [6, 6.07) is 7.95. The highest BCUT2D eigenvalue weighted by atomic mass is 32.2. The first-order valence-corrected chi connectivity index (χ1v) is 10.1. The largest absolute Gasteiger partial charge is 0.326 e. The second kappa shape index (κ2) is 7.01. The van der Waals surface area contributed by atoms with Gasteiger partial charge in [0, 0.05) is 18.7 Å². The van der Waals surface area contributed by atoms with Gasteiger partial charge in [-0.15, -0.1) is 0 Å². The second-order valence-corrected chi connectivity index (χ2v) is 8.93. The average Bonchev–Trinajstić information content (AvgIpc) is 3.11. The highest BCUT2D eigenvalue weighted by Gasteiger charge is 2.29. The van der Waals surface area contributed by atoms with Crippen molar-refractivity contribution in [3.8, 4) is 0 Å². The SMILES string of the molecule is O=C(C[C@H]1CCS(=O)(=O)C1)Nc1ccc(CN2CCCC2)cc1. The molecule has 1 atom stereocenters. The lowest BCUT2D eigenvalue weighted by Crippen LogP contribution is -2.19. The van der Waals surface area contributed by atoms with Crippen LogP contribution in [-0.4, -0.2) is 43.8 Å². The molecule has 2 fully saturated rings. The van der Waals surface area contributed by atoms with Crippen LogP contribution < -0.4 is 5.32 Å². The lowest BCUT2D eigenvalue weighted by Gasteiger charge is -2.15. The van der Waals surface area contributed by atoms with Crippen molar-refractivity contribution in [1.29, 1.82) is 0 Å². The summed E-state index contributed by atoms with van der Waals surface area (Å²) >= 11 is 0. The number of sulfone groups is 1. The van der Waals surface area contributed by atoms with Gasteiger partial charge in [0.15, 0.2) is 9.84 Å². The van der Waals surface area contributed by atoms with E-state index in [-0.39, 0.29) is 29.8 Å². The molecular formula is C17H24N2O3S. The van der Waals surface area contributed by atoms with Gasteiger partial charge in [0.25, 0.3) is 0 Å². The van der Waals surface area contributed by atoms with Gasteiger partial charge >= 0.3 is 0 Å². The first-order chi connectivity index (χ1) is 11.0. The van der Waals surface area contributed by atoms with E-state index in [1.807, 2.05) is 24.3 Å². The molecule has 2 saturated heterocycles. The van der Waals surface area contributed by atoms with E-state index < -0.39 is 9.84 Å². The fourth-order valence-electron chi connectivity index (χ4n) is 3.40. The third-order valence-electron chi connectivity index (χ3n) is 4.64. The van der Waals surface area contributed by atoms with Crippen molar-refractivity contribution in [2.24, 2.45) is 5.92 Å². The number of hydrogen-bond donors (Lipinski definition) is 1. The summed E-state index contributed by atoms with van der Waals surface area (Å²) < 4.78 is 22.8. The minimum Gasteiger partial charge on any atom is -0.326 e. The van der Waals surface area contributed by atoms with Gasteiger partial charge in [-0.1, -0.05) is 12.1 Å². The Bertz CT molecular complexity index is 649. The van der Waals surface area contributed by atoms with Crippen molar-refractivity contribution in [3.63, 3.8) is 0 Å². The normalized spacial score (nSPS) is 23.9. The van der Waals surface area contributed by atoms with Gasteiger partial charge in [-0.3, -0.25) is 9.69 Å². The average molecular weight is 336 g/mol. The Balaban J connectivity index is 1.48. The molecule has 3 rings (SSSR count). The maximum Gasteiger partial charge on any atom is 0.224 e. The molecule has 23 heavy (non-hydrogen) atoms. The number of carbonyl (C=O) groups excluding carboxylic acids is 1. The van der Waals surface area contributed by atoms with Gasteiger partial charge in [-0.05, 0) is 56.0 Å². The summed E-state index contributed by atoms with van der Waals surface area (Å²) in [7, 11) is -2.92. The van der Waals surface area contributed by atoms with Crippen LogP contribution in [-0.2, 0) is 21.2 Å². The van der Waals surface area contributed by atoms with Crippen LogP contribution in [0, 0.1) is 5.92 Å². The van der Waals surface area contributed by atoms with Crippen LogP contribution in [0.2, 0.25) is 0 Å². The van der Waals surface area contributed by atoms with E-state index in [0.29, 0.717) is 6.42 Å². The molecule has 0 aromatic heterocycles. The number of rotatable bonds is 5. The first kappa shape index (κ1) is 16.5. The molecule has 0 unspecified atom stereocenters. The number of nitrogens with one attached hydrogen (secondary N) is 1. The number of benzene rings is 1. The predicted octanol–water partition coefficient (Wildman–Crippen LogP) is 2.05. The number of amides is 1. The standard InChI is InChI=1S/C17H24N2O3S/c20-17(11-15-7-10-23(21,22)13-15)18-16-5-3-14(4-6-16)12-19-8-1-2-9-19/h3-6,15H,1-2,7-13H2,(H,18,20)/t15-/m1/s1. The van der Waals surface area contributed by atoms with Gasteiger partial charge in [-0.2, -0.15) is 0 Å². The van der Waals surface area contributed by atoms with E-state index in [1.165, 1.54) is 31.5 Å². The molecule has 126 valence electrons. The van der Waals surface area contributed by atoms with Crippen LogP contribution in [0.4, 0.5) is 5.69 Å². The van der Waals surface area contributed by atoms with Crippen molar-refractivity contribution in [3.05, 3.63) is 29.8 Å². The Morgan fingerprint density at radius 3 is 2.48 bits per heavy atom. The fraction of sp³-hybridized carbons (Fsp3) is 0.588.